The van der Waals surface area contributed by atoms with Crippen LogP contribution in [0.5, 0.6) is 0 Å². The van der Waals surface area contributed by atoms with Crippen molar-refractivity contribution in [3.05, 3.63) is 35.9 Å². The molecule has 0 atom stereocenters. The molecular formula is C21H28N2O4. The van der Waals surface area contributed by atoms with Crippen LogP contribution in [0.2, 0.25) is 0 Å². The average molecular weight is 372 g/mol. The van der Waals surface area contributed by atoms with Gasteiger partial charge in [-0.3, -0.25) is 9.69 Å². The number of ether oxygens (including phenoxy) is 1. The molecule has 0 aliphatic carbocycles. The first kappa shape index (κ1) is 19.4. The maximum atomic E-state index is 12.6. The third kappa shape index (κ3) is 4.16. The highest BCUT2D eigenvalue weighted by Gasteiger charge is 2.53. The van der Waals surface area contributed by atoms with Crippen molar-refractivity contribution >= 4 is 23.6 Å². The van der Waals surface area contributed by atoms with Crippen LogP contribution in [0.3, 0.4) is 0 Å². The van der Waals surface area contributed by atoms with Gasteiger partial charge in [-0.15, -0.1) is 0 Å². The van der Waals surface area contributed by atoms with E-state index in [9.17, 15) is 9.59 Å². The number of rotatable bonds is 4. The highest BCUT2D eigenvalue weighted by Crippen LogP contribution is 2.41. The molecular weight excluding hydrogens is 344 g/mol. The van der Waals surface area contributed by atoms with Crippen molar-refractivity contribution in [2.24, 2.45) is 0 Å². The molecule has 0 saturated carbocycles. The number of carbonyl (C=O) groups excluding carboxylic acids is 2. The van der Waals surface area contributed by atoms with E-state index in [1.54, 1.807) is 6.08 Å². The molecule has 146 valence electrons. The van der Waals surface area contributed by atoms with Crippen molar-refractivity contribution in [2.75, 3.05) is 31.1 Å². The fourth-order valence-corrected chi connectivity index (χ4v) is 3.86. The predicted octanol–water partition coefficient (Wildman–Crippen LogP) is 2.85. The van der Waals surface area contributed by atoms with Crippen LogP contribution in [0, 0.1) is 0 Å². The monoisotopic (exact) mass is 372 g/mol. The van der Waals surface area contributed by atoms with Crippen LogP contribution in [0.15, 0.2) is 30.3 Å². The zero-order valence-electron chi connectivity index (χ0n) is 16.3. The molecule has 0 unspecified atom stereocenters. The van der Waals surface area contributed by atoms with Gasteiger partial charge in [0.1, 0.15) is 12.2 Å². The van der Waals surface area contributed by atoms with Gasteiger partial charge in [0.15, 0.2) is 5.78 Å². The molecule has 3 rings (SSSR count). The zero-order chi connectivity index (χ0) is 19.7. The van der Waals surface area contributed by atoms with E-state index in [-0.39, 0.29) is 17.4 Å². The molecule has 6 nitrogen and oxygen atoms in total. The maximum Gasteiger partial charge on any atom is 0.410 e. The van der Waals surface area contributed by atoms with Gasteiger partial charge < -0.3 is 14.7 Å². The van der Waals surface area contributed by atoms with Crippen LogP contribution in [0.25, 0.3) is 6.08 Å². The van der Waals surface area contributed by atoms with Gasteiger partial charge in [0.25, 0.3) is 0 Å². The molecule has 0 bridgehead atoms. The molecule has 0 aromatic heterocycles. The van der Waals surface area contributed by atoms with Crippen molar-refractivity contribution < 1.29 is 19.4 Å². The number of para-hydroxylation sites is 1. The summed E-state index contributed by atoms with van der Waals surface area (Å²) in [5, 5.41) is 8.89. The topological polar surface area (TPSA) is 70.1 Å². The largest absolute Gasteiger partial charge is 0.444 e. The molecule has 1 aromatic carbocycles. The number of nitrogens with zero attached hydrogens (tertiary/aromatic N) is 2. The Morgan fingerprint density at radius 1 is 1.26 bits per heavy atom. The number of ketones is 1. The fourth-order valence-electron chi connectivity index (χ4n) is 3.86. The van der Waals surface area contributed by atoms with Gasteiger partial charge >= 0.3 is 6.09 Å². The van der Waals surface area contributed by atoms with Gasteiger partial charge in [-0.05, 0) is 57.4 Å². The summed E-state index contributed by atoms with van der Waals surface area (Å²) in [6.45, 7) is 7.41. The Morgan fingerprint density at radius 3 is 2.63 bits per heavy atom. The van der Waals surface area contributed by atoms with Crippen LogP contribution >= 0.6 is 0 Å². The molecule has 27 heavy (non-hydrogen) atoms. The summed E-state index contributed by atoms with van der Waals surface area (Å²) in [6.07, 6.45) is 4.86. The predicted molar refractivity (Wildman–Crippen MR) is 105 cm³/mol. The summed E-state index contributed by atoms with van der Waals surface area (Å²) in [7, 11) is 0. The first-order chi connectivity index (χ1) is 12.7. The number of hydrogen-bond acceptors (Lipinski definition) is 5. The van der Waals surface area contributed by atoms with Gasteiger partial charge in [-0.1, -0.05) is 18.2 Å². The molecule has 1 aromatic rings. The first-order valence-electron chi connectivity index (χ1n) is 9.40. The van der Waals surface area contributed by atoms with Crippen LogP contribution < -0.4 is 4.90 Å². The highest BCUT2D eigenvalue weighted by atomic mass is 16.6. The van der Waals surface area contributed by atoms with E-state index in [2.05, 4.69) is 4.90 Å². The molecule has 2 aliphatic rings. The highest BCUT2D eigenvalue weighted by molar-refractivity contribution is 5.95. The fraction of sp³-hybridized carbons (Fsp3) is 0.524. The van der Waals surface area contributed by atoms with Gasteiger partial charge in [0, 0.05) is 25.3 Å². The van der Waals surface area contributed by atoms with Crippen molar-refractivity contribution in [3.8, 4) is 0 Å². The van der Waals surface area contributed by atoms with E-state index in [0.29, 0.717) is 0 Å². The van der Waals surface area contributed by atoms with Crippen LogP contribution in [-0.4, -0.2) is 59.3 Å². The lowest BCUT2D eigenvalue weighted by molar-refractivity contribution is -0.117. The van der Waals surface area contributed by atoms with Gasteiger partial charge in [-0.25, -0.2) is 4.79 Å². The maximum absolute atomic E-state index is 12.6. The molecule has 2 saturated heterocycles. The molecule has 6 heteroatoms. The summed E-state index contributed by atoms with van der Waals surface area (Å²) in [6, 6.07) is 7.85. The second-order valence-electron chi connectivity index (χ2n) is 8.33. The Balaban J connectivity index is 1.72. The lowest BCUT2D eigenvalue weighted by atomic mass is 9.86. The van der Waals surface area contributed by atoms with E-state index in [0.717, 1.165) is 43.7 Å². The summed E-state index contributed by atoms with van der Waals surface area (Å²) in [4.78, 5) is 28.1. The molecule has 2 fully saturated rings. The minimum absolute atomic E-state index is 0.167. The number of hydrogen-bond donors (Lipinski definition) is 1. The smallest absolute Gasteiger partial charge is 0.410 e. The third-order valence-electron chi connectivity index (χ3n) is 5.06. The minimum atomic E-state index is -0.499. The summed E-state index contributed by atoms with van der Waals surface area (Å²) < 4.78 is 5.59. The van der Waals surface area contributed by atoms with Crippen molar-refractivity contribution in [1.29, 1.82) is 0 Å². The third-order valence-corrected chi connectivity index (χ3v) is 5.06. The Bertz CT molecular complexity index is 745. The van der Waals surface area contributed by atoms with Crippen molar-refractivity contribution in [2.45, 2.75) is 44.8 Å². The van der Waals surface area contributed by atoms with Gasteiger partial charge in [0.05, 0.1) is 5.54 Å². The van der Waals surface area contributed by atoms with Crippen molar-refractivity contribution in [3.63, 3.8) is 0 Å². The normalized spacial score (nSPS) is 18.8. The number of amides is 1. The van der Waals surface area contributed by atoms with E-state index in [1.165, 1.54) is 6.08 Å². The number of benzene rings is 1. The quantitative estimate of drug-likeness (QED) is 0.823. The van der Waals surface area contributed by atoms with Crippen LogP contribution in [-0.2, 0) is 9.53 Å². The summed E-state index contributed by atoms with van der Waals surface area (Å²) >= 11 is 0. The molecule has 0 radical (unpaired) electrons. The van der Waals surface area contributed by atoms with Gasteiger partial charge in [0.2, 0.25) is 0 Å². The summed E-state index contributed by atoms with van der Waals surface area (Å²) in [5.41, 5.74) is 1.29. The average Bonchev–Trinajstić information content (AvgIpc) is 3.02. The Kier molecular flexibility index (Phi) is 5.29. The molecule has 1 N–H and O–H groups in total. The Labute approximate surface area is 160 Å². The van der Waals surface area contributed by atoms with Crippen LogP contribution in [0.1, 0.15) is 39.2 Å². The number of aliphatic hydroxyl groups is 1. The molecule has 1 spiro atoms. The zero-order valence-corrected chi connectivity index (χ0v) is 16.3. The lowest BCUT2D eigenvalue weighted by Gasteiger charge is -2.53. The summed E-state index contributed by atoms with van der Waals surface area (Å²) in [5.74, 6) is -0.322. The minimum Gasteiger partial charge on any atom is -0.444 e. The molecule has 2 heterocycles. The standard InChI is InChI=1S/C21H28N2O4/c1-20(2,3)27-19(26)23-12-6-11-21(23)14-22(15-21)18-8-5-4-7-16(18)9-10-17(25)13-24/h4-5,7-10,24H,6,11-15H2,1-3H3/b10-9+. The Hall–Kier alpha value is -2.34. The molecule has 1 amide bonds. The second-order valence-corrected chi connectivity index (χ2v) is 8.33. The van der Waals surface area contributed by atoms with Crippen LogP contribution in [0.4, 0.5) is 10.5 Å². The first-order valence-corrected chi connectivity index (χ1v) is 9.40. The number of aliphatic hydroxyl groups excluding tert-OH is 1. The van der Waals surface area contributed by atoms with E-state index >= 15 is 0 Å². The number of likely N-dealkylation sites (tertiary alicyclic amines) is 1. The van der Waals surface area contributed by atoms with Gasteiger partial charge in [-0.2, -0.15) is 0 Å². The molecule has 2 aliphatic heterocycles. The van der Waals surface area contributed by atoms with Crippen molar-refractivity contribution in [1.82, 2.24) is 4.90 Å². The van der Waals surface area contributed by atoms with E-state index in [4.69, 9.17) is 9.84 Å². The van der Waals surface area contributed by atoms with E-state index < -0.39 is 12.2 Å². The lowest BCUT2D eigenvalue weighted by Crippen LogP contribution is -2.69. The van der Waals surface area contributed by atoms with E-state index in [1.807, 2.05) is 49.9 Å². The Morgan fingerprint density at radius 2 is 1.96 bits per heavy atom. The number of carbonyl (C=O) groups is 2. The SMILES string of the molecule is CC(C)(C)OC(=O)N1CCCC12CN(c1ccccc1/C=C/C(=O)CO)C2. The number of anilines is 1. The second kappa shape index (κ2) is 7.35.